The number of sulfonamides is 1. The van der Waals surface area contributed by atoms with Crippen molar-refractivity contribution in [1.82, 2.24) is 18.8 Å². The number of carbonyl (C=O) groups is 1. The SMILES string of the molecule is C=CCN1C(=O)CCCC12CCCN(S(=O)(=O)c1cn(C)cn1)C2. The summed E-state index contributed by atoms with van der Waals surface area (Å²) in [7, 11) is -1.89. The van der Waals surface area contributed by atoms with Gasteiger partial charge in [-0.2, -0.15) is 4.31 Å². The molecular formula is C16H24N4O3S. The number of rotatable bonds is 4. The number of likely N-dealkylation sites (tertiary alicyclic amines) is 1. The maximum absolute atomic E-state index is 12.9. The van der Waals surface area contributed by atoms with E-state index >= 15 is 0 Å². The number of nitrogens with zero attached hydrogens (tertiary/aromatic N) is 4. The molecular weight excluding hydrogens is 328 g/mol. The second kappa shape index (κ2) is 6.33. The Hall–Kier alpha value is -1.67. The van der Waals surface area contributed by atoms with Crippen LogP contribution in [0.15, 0.2) is 30.2 Å². The Morgan fingerprint density at radius 1 is 1.38 bits per heavy atom. The highest BCUT2D eigenvalue weighted by Crippen LogP contribution is 2.38. The average Bonchev–Trinajstić information content (AvgIpc) is 2.99. The lowest BCUT2D eigenvalue weighted by Crippen LogP contribution is -2.63. The van der Waals surface area contributed by atoms with Gasteiger partial charge in [0.05, 0.1) is 11.9 Å². The van der Waals surface area contributed by atoms with Crippen LogP contribution in [0.5, 0.6) is 0 Å². The molecule has 0 saturated carbocycles. The van der Waals surface area contributed by atoms with E-state index < -0.39 is 15.6 Å². The Kier molecular flexibility index (Phi) is 4.52. The maximum Gasteiger partial charge on any atom is 0.262 e. The summed E-state index contributed by atoms with van der Waals surface area (Å²) in [5.41, 5.74) is -0.413. The van der Waals surface area contributed by atoms with Gasteiger partial charge in [-0.25, -0.2) is 13.4 Å². The van der Waals surface area contributed by atoms with Gasteiger partial charge in [0.1, 0.15) is 0 Å². The van der Waals surface area contributed by atoms with Crippen molar-refractivity contribution in [3.63, 3.8) is 0 Å². The van der Waals surface area contributed by atoms with Gasteiger partial charge in [-0.15, -0.1) is 6.58 Å². The summed E-state index contributed by atoms with van der Waals surface area (Å²) >= 11 is 0. The van der Waals surface area contributed by atoms with Crippen molar-refractivity contribution in [1.29, 1.82) is 0 Å². The van der Waals surface area contributed by atoms with E-state index in [0.29, 0.717) is 26.1 Å². The molecule has 0 aliphatic carbocycles. The number of piperidine rings is 2. The topological polar surface area (TPSA) is 75.5 Å². The molecule has 1 amide bonds. The first kappa shape index (κ1) is 17.2. The molecule has 3 rings (SSSR count). The number of imidazole rings is 1. The Morgan fingerprint density at radius 2 is 2.12 bits per heavy atom. The third-order valence-electron chi connectivity index (χ3n) is 5.02. The fourth-order valence-electron chi connectivity index (χ4n) is 3.88. The van der Waals surface area contributed by atoms with E-state index in [4.69, 9.17) is 0 Å². The lowest BCUT2D eigenvalue weighted by molar-refractivity contribution is -0.143. The first-order valence-corrected chi connectivity index (χ1v) is 9.72. The molecule has 1 aromatic rings. The van der Waals surface area contributed by atoms with Crippen LogP contribution in [-0.4, -0.2) is 58.3 Å². The van der Waals surface area contributed by atoms with E-state index in [1.807, 2.05) is 4.90 Å². The lowest BCUT2D eigenvalue weighted by atomic mass is 9.80. The molecule has 2 aliphatic rings. The average molecular weight is 352 g/mol. The predicted molar refractivity (Wildman–Crippen MR) is 89.7 cm³/mol. The summed E-state index contributed by atoms with van der Waals surface area (Å²) in [5, 5.41) is 0.0689. The van der Waals surface area contributed by atoms with Crippen LogP contribution < -0.4 is 0 Å². The van der Waals surface area contributed by atoms with Crippen molar-refractivity contribution in [2.45, 2.75) is 42.7 Å². The van der Waals surface area contributed by atoms with Crippen LogP contribution in [-0.2, 0) is 21.9 Å². The summed E-state index contributed by atoms with van der Waals surface area (Å²) in [6.45, 7) is 5.02. The van der Waals surface area contributed by atoms with Gasteiger partial charge in [0.15, 0.2) is 5.03 Å². The Morgan fingerprint density at radius 3 is 2.79 bits per heavy atom. The van der Waals surface area contributed by atoms with Crippen LogP contribution in [0, 0.1) is 0 Å². The van der Waals surface area contributed by atoms with Crippen molar-refractivity contribution >= 4 is 15.9 Å². The van der Waals surface area contributed by atoms with E-state index in [1.165, 1.54) is 16.8 Å². The molecule has 0 N–H and O–H groups in total. The molecule has 0 radical (unpaired) electrons. The number of carbonyl (C=O) groups excluding carboxylic acids is 1. The molecule has 24 heavy (non-hydrogen) atoms. The number of hydrogen-bond acceptors (Lipinski definition) is 4. The first-order chi connectivity index (χ1) is 11.4. The summed E-state index contributed by atoms with van der Waals surface area (Å²) < 4.78 is 28.9. The number of aromatic nitrogens is 2. The molecule has 7 nitrogen and oxygen atoms in total. The third-order valence-corrected chi connectivity index (χ3v) is 6.75. The molecule has 2 saturated heterocycles. The minimum absolute atomic E-state index is 0.0689. The van der Waals surface area contributed by atoms with Gasteiger partial charge in [-0.1, -0.05) is 6.08 Å². The monoisotopic (exact) mass is 352 g/mol. The molecule has 1 atom stereocenters. The van der Waals surface area contributed by atoms with E-state index in [2.05, 4.69) is 11.6 Å². The molecule has 1 unspecified atom stereocenters. The predicted octanol–water partition coefficient (Wildman–Crippen LogP) is 1.14. The fourth-order valence-corrected chi connectivity index (χ4v) is 5.41. The first-order valence-electron chi connectivity index (χ1n) is 8.28. The zero-order valence-electron chi connectivity index (χ0n) is 14.0. The lowest BCUT2D eigenvalue weighted by Gasteiger charge is -2.51. The summed E-state index contributed by atoms with van der Waals surface area (Å²) in [6.07, 6.45) is 8.48. The zero-order valence-corrected chi connectivity index (χ0v) is 14.8. The third kappa shape index (κ3) is 2.88. The normalized spacial score (nSPS) is 26.0. The van der Waals surface area contributed by atoms with E-state index in [9.17, 15) is 13.2 Å². The summed E-state index contributed by atoms with van der Waals surface area (Å²) in [4.78, 5) is 18.2. The van der Waals surface area contributed by atoms with Crippen LogP contribution in [0.4, 0.5) is 0 Å². The van der Waals surface area contributed by atoms with Gasteiger partial charge < -0.3 is 9.47 Å². The van der Waals surface area contributed by atoms with E-state index in [0.717, 1.165) is 25.7 Å². The van der Waals surface area contributed by atoms with Crippen LogP contribution in [0.3, 0.4) is 0 Å². The summed E-state index contributed by atoms with van der Waals surface area (Å²) in [5.74, 6) is 0.0956. The van der Waals surface area contributed by atoms with Gasteiger partial charge >= 0.3 is 0 Å². The van der Waals surface area contributed by atoms with Crippen molar-refractivity contribution < 1.29 is 13.2 Å². The van der Waals surface area contributed by atoms with Crippen molar-refractivity contribution in [3.05, 3.63) is 25.2 Å². The number of aryl methyl sites for hydroxylation is 1. The summed E-state index contributed by atoms with van der Waals surface area (Å²) in [6, 6.07) is 0. The van der Waals surface area contributed by atoms with Gasteiger partial charge in [0, 0.05) is 39.3 Å². The molecule has 0 bridgehead atoms. The smallest absolute Gasteiger partial charge is 0.262 e. The molecule has 1 aromatic heterocycles. The minimum atomic E-state index is -3.63. The van der Waals surface area contributed by atoms with Crippen LogP contribution in [0.1, 0.15) is 32.1 Å². The number of hydrogen-bond donors (Lipinski definition) is 0. The quantitative estimate of drug-likeness (QED) is 0.762. The van der Waals surface area contributed by atoms with Gasteiger partial charge in [-0.3, -0.25) is 4.79 Å². The van der Waals surface area contributed by atoms with Crippen LogP contribution in [0.25, 0.3) is 0 Å². The fraction of sp³-hybridized carbons (Fsp3) is 0.625. The second-order valence-electron chi connectivity index (χ2n) is 6.69. The molecule has 2 aliphatic heterocycles. The largest absolute Gasteiger partial charge is 0.339 e. The molecule has 0 aromatic carbocycles. The Bertz CT molecular complexity index is 738. The van der Waals surface area contributed by atoms with E-state index in [-0.39, 0.29) is 10.9 Å². The van der Waals surface area contributed by atoms with Gasteiger partial charge in [0.2, 0.25) is 5.91 Å². The van der Waals surface area contributed by atoms with Crippen LogP contribution in [0.2, 0.25) is 0 Å². The van der Waals surface area contributed by atoms with Crippen molar-refractivity contribution in [3.8, 4) is 0 Å². The standard InChI is InChI=1S/C16H24N4O3S/c1-3-9-20-15(21)6-4-7-16(20)8-5-10-19(12-16)24(22,23)14-11-18(2)13-17-14/h3,11,13H,1,4-10,12H2,2H3. The highest BCUT2D eigenvalue weighted by Gasteiger charge is 2.47. The molecule has 3 heterocycles. The number of amides is 1. The molecule has 1 spiro atoms. The molecule has 2 fully saturated rings. The highest BCUT2D eigenvalue weighted by atomic mass is 32.2. The van der Waals surface area contributed by atoms with E-state index in [1.54, 1.807) is 17.7 Å². The Labute approximate surface area is 143 Å². The Balaban J connectivity index is 1.90. The molecule has 132 valence electrons. The minimum Gasteiger partial charge on any atom is -0.339 e. The highest BCUT2D eigenvalue weighted by molar-refractivity contribution is 7.89. The maximum atomic E-state index is 12.9. The van der Waals surface area contributed by atoms with Crippen molar-refractivity contribution in [2.24, 2.45) is 7.05 Å². The zero-order chi connectivity index (χ0) is 17.4. The van der Waals surface area contributed by atoms with Gasteiger partial charge in [-0.05, 0) is 25.7 Å². The van der Waals surface area contributed by atoms with Crippen molar-refractivity contribution in [2.75, 3.05) is 19.6 Å². The molecule has 8 heteroatoms. The second-order valence-corrected chi connectivity index (χ2v) is 8.58. The van der Waals surface area contributed by atoms with Gasteiger partial charge in [0.25, 0.3) is 10.0 Å². The van der Waals surface area contributed by atoms with Crippen LogP contribution >= 0.6 is 0 Å².